The zero-order valence-corrected chi connectivity index (χ0v) is 9.91. The molecule has 0 saturated heterocycles. The van der Waals surface area contributed by atoms with Crippen LogP contribution in [0.4, 0.5) is 8.78 Å². The van der Waals surface area contributed by atoms with Crippen LogP contribution in [-0.2, 0) is 4.79 Å². The lowest BCUT2D eigenvalue weighted by Gasteiger charge is -2.20. The van der Waals surface area contributed by atoms with Crippen LogP contribution in [0.15, 0.2) is 12.1 Å². The third kappa shape index (κ3) is 2.74. The van der Waals surface area contributed by atoms with Crippen LogP contribution >= 0.6 is 0 Å². The zero-order valence-electron chi connectivity index (χ0n) is 9.91. The van der Waals surface area contributed by atoms with Crippen LogP contribution in [0.5, 0.6) is 5.75 Å². The number of nitrogens with one attached hydrogen (secondary N) is 1. The number of halogens is 2. The molecule has 2 atom stereocenters. The van der Waals surface area contributed by atoms with Gasteiger partial charge in [0.1, 0.15) is 11.9 Å². The van der Waals surface area contributed by atoms with E-state index in [9.17, 15) is 13.6 Å². The molecule has 1 rings (SSSR count). The van der Waals surface area contributed by atoms with Gasteiger partial charge in [-0.1, -0.05) is 0 Å². The molecule has 0 aromatic heterocycles. The van der Waals surface area contributed by atoms with Crippen molar-refractivity contribution in [3.8, 4) is 5.75 Å². The molecule has 7 heteroatoms. The molecule has 0 heterocycles. The highest BCUT2D eigenvalue weighted by Gasteiger charge is 2.28. The summed E-state index contributed by atoms with van der Waals surface area (Å²) in [5.41, 5.74) is 5.39. The summed E-state index contributed by atoms with van der Waals surface area (Å²) >= 11 is 0. The number of rotatable bonds is 5. The number of carboxylic acid groups (broad SMARTS) is 1. The van der Waals surface area contributed by atoms with Crippen molar-refractivity contribution in [2.45, 2.75) is 12.1 Å². The Morgan fingerprint density at radius 2 is 2.06 bits per heavy atom. The molecule has 18 heavy (non-hydrogen) atoms. The lowest BCUT2D eigenvalue weighted by Crippen LogP contribution is -2.43. The molecular formula is C11H14F2N2O3. The molecule has 1 aromatic rings. The van der Waals surface area contributed by atoms with Crippen LogP contribution in [0.3, 0.4) is 0 Å². The minimum Gasteiger partial charge on any atom is -0.494 e. The fraction of sp³-hybridized carbons (Fsp3) is 0.364. The van der Waals surface area contributed by atoms with Gasteiger partial charge in [-0.25, -0.2) is 8.78 Å². The Morgan fingerprint density at radius 3 is 2.50 bits per heavy atom. The third-order valence-electron chi connectivity index (χ3n) is 2.57. The summed E-state index contributed by atoms with van der Waals surface area (Å²) in [5, 5.41) is 11.3. The third-order valence-corrected chi connectivity index (χ3v) is 2.57. The molecule has 0 bridgehead atoms. The fourth-order valence-electron chi connectivity index (χ4n) is 1.59. The summed E-state index contributed by atoms with van der Waals surface area (Å²) < 4.78 is 31.7. The number of carbonyl (C=O) groups is 1. The van der Waals surface area contributed by atoms with Crippen LogP contribution in [0.2, 0.25) is 0 Å². The lowest BCUT2D eigenvalue weighted by molar-refractivity contribution is -0.139. The number of aliphatic carboxylic acids is 1. The lowest BCUT2D eigenvalue weighted by atomic mass is 9.99. The molecule has 0 aliphatic carbocycles. The van der Waals surface area contributed by atoms with Crippen molar-refractivity contribution in [3.05, 3.63) is 29.3 Å². The molecule has 0 spiro atoms. The Bertz CT molecular complexity index is 454. The second kappa shape index (κ2) is 5.74. The van der Waals surface area contributed by atoms with Crippen LogP contribution in [-0.4, -0.2) is 31.3 Å². The molecule has 0 amide bonds. The Balaban J connectivity index is 3.16. The predicted octanol–water partition coefficient (Wildman–Crippen LogP) is 0.646. The number of hydrogen-bond donors (Lipinski definition) is 3. The Kier molecular flexibility index (Phi) is 4.57. The van der Waals surface area contributed by atoms with E-state index in [2.05, 4.69) is 10.1 Å². The maximum Gasteiger partial charge on any atom is 0.322 e. The second-order valence-electron chi connectivity index (χ2n) is 3.64. The molecule has 100 valence electrons. The number of ether oxygens (including phenoxy) is 1. The van der Waals surface area contributed by atoms with E-state index < -0.39 is 29.7 Å². The van der Waals surface area contributed by atoms with E-state index in [1.165, 1.54) is 14.2 Å². The molecule has 0 saturated carbocycles. The van der Waals surface area contributed by atoms with Gasteiger partial charge >= 0.3 is 5.97 Å². The predicted molar refractivity (Wildman–Crippen MR) is 60.3 cm³/mol. The zero-order chi connectivity index (χ0) is 13.9. The standard InChI is InChI=1S/C11H14F2N2O3/c1-15-10(11(16)17)9(14)5-3-7(13)8(18-2)4-6(5)12/h3-4,9-10,15H,14H2,1-2H3,(H,16,17). The van der Waals surface area contributed by atoms with Gasteiger partial charge in [0, 0.05) is 11.6 Å². The topological polar surface area (TPSA) is 84.6 Å². The van der Waals surface area contributed by atoms with Crippen molar-refractivity contribution >= 4 is 5.97 Å². The van der Waals surface area contributed by atoms with Crippen LogP contribution < -0.4 is 15.8 Å². The number of nitrogens with two attached hydrogens (primary N) is 1. The van der Waals surface area contributed by atoms with Crippen molar-refractivity contribution in [2.24, 2.45) is 5.73 Å². The molecule has 0 aliphatic rings. The highest BCUT2D eigenvalue weighted by atomic mass is 19.1. The molecule has 0 radical (unpaired) electrons. The van der Waals surface area contributed by atoms with Gasteiger partial charge in [-0.15, -0.1) is 0 Å². The van der Waals surface area contributed by atoms with Crippen LogP contribution in [0.25, 0.3) is 0 Å². The van der Waals surface area contributed by atoms with Gasteiger partial charge in [0.05, 0.1) is 13.2 Å². The minimum absolute atomic E-state index is 0.227. The molecule has 5 nitrogen and oxygen atoms in total. The summed E-state index contributed by atoms with van der Waals surface area (Å²) in [6.07, 6.45) is 0. The minimum atomic E-state index is -1.25. The van der Waals surface area contributed by atoms with E-state index in [1.54, 1.807) is 0 Å². The Morgan fingerprint density at radius 1 is 1.44 bits per heavy atom. The Labute approximate surface area is 103 Å². The maximum atomic E-state index is 13.7. The first-order chi connectivity index (χ1) is 8.42. The summed E-state index contributed by atoms with van der Waals surface area (Å²) in [7, 11) is 2.57. The number of methoxy groups -OCH3 is 1. The van der Waals surface area contributed by atoms with Gasteiger partial charge in [0.2, 0.25) is 0 Å². The smallest absolute Gasteiger partial charge is 0.322 e. The number of benzene rings is 1. The highest BCUT2D eigenvalue weighted by Crippen LogP contribution is 2.25. The van der Waals surface area contributed by atoms with Crippen LogP contribution in [0.1, 0.15) is 11.6 Å². The number of hydrogen-bond acceptors (Lipinski definition) is 4. The summed E-state index contributed by atoms with van der Waals surface area (Å²) in [4.78, 5) is 10.9. The monoisotopic (exact) mass is 260 g/mol. The van der Waals surface area contributed by atoms with Crippen LogP contribution in [0, 0.1) is 11.6 Å². The van der Waals surface area contributed by atoms with Crippen molar-refractivity contribution in [1.82, 2.24) is 5.32 Å². The first kappa shape index (κ1) is 14.3. The first-order valence-electron chi connectivity index (χ1n) is 5.11. The molecule has 2 unspecified atom stereocenters. The van der Waals surface area contributed by atoms with Gasteiger partial charge in [0.25, 0.3) is 0 Å². The van der Waals surface area contributed by atoms with Crippen molar-refractivity contribution in [1.29, 1.82) is 0 Å². The van der Waals surface area contributed by atoms with Gasteiger partial charge in [-0.3, -0.25) is 4.79 Å². The molecule has 0 aliphatic heterocycles. The average molecular weight is 260 g/mol. The first-order valence-corrected chi connectivity index (χ1v) is 5.11. The van der Waals surface area contributed by atoms with Gasteiger partial charge < -0.3 is 20.9 Å². The molecule has 0 fully saturated rings. The van der Waals surface area contributed by atoms with Gasteiger partial charge in [-0.2, -0.15) is 0 Å². The summed E-state index contributed by atoms with van der Waals surface area (Å²) in [6.45, 7) is 0. The second-order valence-corrected chi connectivity index (χ2v) is 3.64. The van der Waals surface area contributed by atoms with Gasteiger partial charge in [-0.05, 0) is 13.1 Å². The Hall–Kier alpha value is -1.73. The van der Waals surface area contributed by atoms with E-state index >= 15 is 0 Å². The van der Waals surface area contributed by atoms with Crippen molar-refractivity contribution in [2.75, 3.05) is 14.2 Å². The van der Waals surface area contributed by atoms with E-state index in [4.69, 9.17) is 10.8 Å². The highest BCUT2D eigenvalue weighted by molar-refractivity contribution is 5.74. The van der Waals surface area contributed by atoms with E-state index in [0.29, 0.717) is 0 Å². The number of likely N-dealkylation sites (N-methyl/N-ethyl adjacent to an activating group) is 1. The normalized spacial score (nSPS) is 14.1. The molecule has 4 N–H and O–H groups in total. The summed E-state index contributed by atoms with van der Waals surface area (Å²) in [6, 6.07) is -0.759. The SMILES string of the molecule is CNC(C(=O)O)C(N)c1cc(F)c(OC)cc1F. The maximum absolute atomic E-state index is 13.7. The summed E-state index contributed by atoms with van der Waals surface area (Å²) in [5.74, 6) is -3.13. The van der Waals surface area contributed by atoms with E-state index in [-0.39, 0.29) is 11.3 Å². The molecular weight excluding hydrogens is 246 g/mol. The van der Waals surface area contributed by atoms with E-state index in [1.807, 2.05) is 0 Å². The fourth-order valence-corrected chi connectivity index (χ4v) is 1.59. The largest absolute Gasteiger partial charge is 0.494 e. The van der Waals surface area contributed by atoms with Crippen molar-refractivity contribution < 1.29 is 23.4 Å². The van der Waals surface area contributed by atoms with Crippen molar-refractivity contribution in [3.63, 3.8) is 0 Å². The molecule has 1 aromatic carbocycles. The van der Waals surface area contributed by atoms with E-state index in [0.717, 1.165) is 12.1 Å². The number of carboxylic acids is 1. The van der Waals surface area contributed by atoms with Gasteiger partial charge in [0.15, 0.2) is 11.6 Å². The average Bonchev–Trinajstić information content (AvgIpc) is 2.31. The quantitative estimate of drug-likeness (QED) is 0.723.